The van der Waals surface area contributed by atoms with Crippen molar-refractivity contribution in [3.8, 4) is 11.8 Å². The van der Waals surface area contributed by atoms with E-state index in [-0.39, 0.29) is 5.91 Å². The van der Waals surface area contributed by atoms with Gasteiger partial charge in [0.1, 0.15) is 12.4 Å². The molecule has 108 valence electrons. The molecule has 4 nitrogen and oxygen atoms in total. The first kappa shape index (κ1) is 15.1. The van der Waals surface area contributed by atoms with Gasteiger partial charge in [0.2, 0.25) is 5.91 Å². The quantitative estimate of drug-likeness (QED) is 0.803. The van der Waals surface area contributed by atoms with Gasteiger partial charge in [0.05, 0.1) is 12.5 Å². The first-order valence-corrected chi connectivity index (χ1v) is 6.91. The van der Waals surface area contributed by atoms with Crippen molar-refractivity contribution in [2.24, 2.45) is 0 Å². The smallest absolute Gasteiger partial charge is 0.246 e. The van der Waals surface area contributed by atoms with Crippen molar-refractivity contribution >= 4 is 23.6 Å². The van der Waals surface area contributed by atoms with Crippen LogP contribution in [0.1, 0.15) is 12.0 Å². The lowest BCUT2D eigenvalue weighted by molar-refractivity contribution is -0.124. The van der Waals surface area contributed by atoms with Gasteiger partial charge in [-0.1, -0.05) is 17.7 Å². The number of hydrogen-bond donors (Lipinski definition) is 0. The summed E-state index contributed by atoms with van der Waals surface area (Å²) in [7, 11) is 1.67. The second-order valence-electron chi connectivity index (χ2n) is 4.69. The number of benzene rings is 1. The number of fused-ring (bicyclic) bond motifs is 1. The summed E-state index contributed by atoms with van der Waals surface area (Å²) in [5, 5.41) is 9.15. The number of halogens is 1. The molecule has 0 aliphatic carbocycles. The van der Waals surface area contributed by atoms with E-state index in [4.69, 9.17) is 21.6 Å². The molecule has 0 N–H and O–H groups in total. The van der Waals surface area contributed by atoms with E-state index in [1.807, 2.05) is 24.3 Å². The number of hydrogen-bond acceptors (Lipinski definition) is 3. The lowest BCUT2D eigenvalue weighted by Gasteiger charge is -2.16. The summed E-state index contributed by atoms with van der Waals surface area (Å²) in [6, 6.07) is 7.45. The highest BCUT2D eigenvalue weighted by Crippen LogP contribution is 2.29. The van der Waals surface area contributed by atoms with Gasteiger partial charge in [-0.05, 0) is 29.8 Å². The monoisotopic (exact) mass is 302 g/mol. The maximum Gasteiger partial charge on any atom is 0.246 e. The van der Waals surface area contributed by atoms with Gasteiger partial charge in [0.15, 0.2) is 0 Å². The second kappa shape index (κ2) is 6.96. The minimum absolute atomic E-state index is 0.136. The Morgan fingerprint density at radius 3 is 3.14 bits per heavy atom. The number of carbonyl (C=O) groups excluding carboxylic acids is 1. The Balaban J connectivity index is 2.05. The van der Waals surface area contributed by atoms with Crippen LogP contribution in [0, 0.1) is 11.3 Å². The standard InChI is InChI=1S/C16H15ClN2O2/c1-19(8-2-7-18)16(20)6-3-12-9-13-10-14(17)4-5-15(13)21-11-12/h3-6,9-10H,2,8,11H2,1H3/b6-3+. The summed E-state index contributed by atoms with van der Waals surface area (Å²) < 4.78 is 5.60. The van der Waals surface area contributed by atoms with E-state index in [9.17, 15) is 4.79 Å². The highest BCUT2D eigenvalue weighted by Gasteiger charge is 2.11. The maximum atomic E-state index is 11.8. The van der Waals surface area contributed by atoms with Gasteiger partial charge in [0.25, 0.3) is 0 Å². The number of amides is 1. The Hall–Kier alpha value is -2.25. The topological polar surface area (TPSA) is 53.3 Å². The minimum atomic E-state index is -0.136. The molecule has 21 heavy (non-hydrogen) atoms. The normalized spacial score (nSPS) is 13.1. The van der Waals surface area contributed by atoms with Crippen molar-refractivity contribution in [1.29, 1.82) is 5.26 Å². The molecule has 0 saturated carbocycles. The molecule has 1 aromatic carbocycles. The van der Waals surface area contributed by atoms with Crippen molar-refractivity contribution in [2.75, 3.05) is 20.2 Å². The summed E-state index contributed by atoms with van der Waals surface area (Å²) in [6.45, 7) is 0.841. The van der Waals surface area contributed by atoms with E-state index >= 15 is 0 Å². The molecule has 2 rings (SSSR count). The number of carbonyl (C=O) groups is 1. The molecule has 1 aliphatic rings. The van der Waals surface area contributed by atoms with Gasteiger partial charge >= 0.3 is 0 Å². The zero-order valence-corrected chi connectivity index (χ0v) is 12.4. The Morgan fingerprint density at radius 1 is 1.57 bits per heavy atom. The molecule has 1 heterocycles. The second-order valence-corrected chi connectivity index (χ2v) is 5.13. The van der Waals surface area contributed by atoms with Crippen molar-refractivity contribution in [3.05, 3.63) is 46.5 Å². The number of ether oxygens (including phenoxy) is 1. The molecule has 5 heteroatoms. The molecule has 1 amide bonds. The zero-order chi connectivity index (χ0) is 15.2. The molecular formula is C16H15ClN2O2. The highest BCUT2D eigenvalue weighted by molar-refractivity contribution is 6.30. The number of likely N-dealkylation sites (N-methyl/N-ethyl adjacent to an activating group) is 1. The zero-order valence-electron chi connectivity index (χ0n) is 11.7. The van der Waals surface area contributed by atoms with E-state index in [1.165, 1.54) is 11.0 Å². The van der Waals surface area contributed by atoms with Crippen LogP contribution in [0.25, 0.3) is 6.08 Å². The first-order chi connectivity index (χ1) is 10.1. The van der Waals surface area contributed by atoms with Crippen LogP contribution in [0.4, 0.5) is 0 Å². The van der Waals surface area contributed by atoms with E-state index in [2.05, 4.69) is 0 Å². The van der Waals surface area contributed by atoms with Crippen molar-refractivity contribution in [2.45, 2.75) is 6.42 Å². The fraction of sp³-hybridized carbons (Fsp3) is 0.250. The molecule has 0 atom stereocenters. The van der Waals surface area contributed by atoms with Crippen molar-refractivity contribution < 1.29 is 9.53 Å². The predicted octanol–water partition coefficient (Wildman–Crippen LogP) is 3.04. The number of nitrogens with zero attached hydrogens (tertiary/aromatic N) is 2. The van der Waals surface area contributed by atoms with Crippen LogP contribution in [-0.2, 0) is 4.79 Å². The third-order valence-corrected chi connectivity index (χ3v) is 3.32. The molecule has 0 unspecified atom stereocenters. The van der Waals surface area contributed by atoms with Gasteiger partial charge < -0.3 is 9.64 Å². The van der Waals surface area contributed by atoms with Crippen LogP contribution in [0.3, 0.4) is 0 Å². The largest absolute Gasteiger partial charge is 0.488 e. The summed E-state index contributed by atoms with van der Waals surface area (Å²) >= 11 is 5.95. The van der Waals surface area contributed by atoms with E-state index in [0.29, 0.717) is 24.6 Å². The lowest BCUT2D eigenvalue weighted by Crippen LogP contribution is -2.25. The Labute approximate surface area is 128 Å². The fourth-order valence-corrected chi connectivity index (χ4v) is 2.08. The van der Waals surface area contributed by atoms with Gasteiger partial charge in [-0.2, -0.15) is 5.26 Å². The molecular weight excluding hydrogens is 288 g/mol. The van der Waals surface area contributed by atoms with Crippen LogP contribution >= 0.6 is 11.6 Å². The maximum absolute atomic E-state index is 11.8. The molecule has 0 bridgehead atoms. The van der Waals surface area contributed by atoms with Crippen LogP contribution in [0.2, 0.25) is 5.02 Å². The van der Waals surface area contributed by atoms with Crippen molar-refractivity contribution in [1.82, 2.24) is 4.90 Å². The average molecular weight is 303 g/mol. The summed E-state index contributed by atoms with van der Waals surface area (Å²) in [6.07, 6.45) is 5.49. The van der Waals surface area contributed by atoms with Crippen LogP contribution in [0.15, 0.2) is 35.9 Å². The van der Waals surface area contributed by atoms with E-state index in [1.54, 1.807) is 19.2 Å². The van der Waals surface area contributed by atoms with Crippen molar-refractivity contribution in [3.63, 3.8) is 0 Å². The molecule has 0 fully saturated rings. The summed E-state index contributed by atoms with van der Waals surface area (Å²) in [5.74, 6) is 0.650. The van der Waals surface area contributed by atoms with Gasteiger partial charge in [-0.25, -0.2) is 0 Å². The number of rotatable bonds is 4. The average Bonchev–Trinajstić information content (AvgIpc) is 2.49. The Morgan fingerprint density at radius 2 is 2.38 bits per heavy atom. The first-order valence-electron chi connectivity index (χ1n) is 6.53. The molecule has 0 aromatic heterocycles. The molecule has 0 saturated heterocycles. The van der Waals surface area contributed by atoms with Gasteiger partial charge in [-0.15, -0.1) is 0 Å². The summed E-state index contributed by atoms with van der Waals surface area (Å²) in [5.41, 5.74) is 1.80. The van der Waals surface area contributed by atoms with Gasteiger partial charge in [-0.3, -0.25) is 4.79 Å². The molecule has 1 aromatic rings. The van der Waals surface area contributed by atoms with E-state index in [0.717, 1.165) is 16.9 Å². The predicted molar refractivity (Wildman–Crippen MR) is 81.9 cm³/mol. The Bertz CT molecular complexity index is 644. The van der Waals surface area contributed by atoms with E-state index < -0.39 is 0 Å². The molecule has 0 spiro atoms. The summed E-state index contributed by atoms with van der Waals surface area (Å²) in [4.78, 5) is 13.3. The third kappa shape index (κ3) is 4.11. The molecule has 1 aliphatic heterocycles. The fourth-order valence-electron chi connectivity index (χ4n) is 1.90. The van der Waals surface area contributed by atoms with Gasteiger partial charge in [0, 0.05) is 30.3 Å². The Kier molecular flexibility index (Phi) is 5.02. The minimum Gasteiger partial charge on any atom is -0.488 e. The van der Waals surface area contributed by atoms with Crippen LogP contribution in [-0.4, -0.2) is 31.0 Å². The van der Waals surface area contributed by atoms with Crippen LogP contribution in [0.5, 0.6) is 5.75 Å². The number of nitriles is 1. The molecule has 0 radical (unpaired) electrons. The SMILES string of the molecule is CN(CCC#N)C(=O)/C=C/C1=Cc2cc(Cl)ccc2OC1. The third-order valence-electron chi connectivity index (χ3n) is 3.08. The lowest BCUT2D eigenvalue weighted by atomic mass is 10.1. The highest BCUT2D eigenvalue weighted by atomic mass is 35.5. The van der Waals surface area contributed by atoms with Crippen LogP contribution < -0.4 is 4.74 Å².